The Hall–Kier alpha value is -1.89. The minimum absolute atomic E-state index is 0.0772. The van der Waals surface area contributed by atoms with Crippen LogP contribution in [0.5, 0.6) is 0 Å². The molecule has 0 aromatic heterocycles. The smallest absolute Gasteiger partial charge is 0.434 e. The molecule has 0 saturated carbocycles. The zero-order chi connectivity index (χ0) is 15.5. The van der Waals surface area contributed by atoms with Crippen LogP contribution in [0, 0.1) is 0 Å². The lowest BCUT2D eigenvalue weighted by Gasteiger charge is -2.38. The van der Waals surface area contributed by atoms with Crippen molar-refractivity contribution in [2.45, 2.75) is 12.6 Å². The summed E-state index contributed by atoms with van der Waals surface area (Å²) in [6.45, 7) is -0.0191. The number of carbonyl (C=O) groups excluding carboxylic acids is 2. The van der Waals surface area contributed by atoms with Crippen LogP contribution in [0.1, 0.15) is 5.56 Å². The molecule has 1 heterocycles. The van der Waals surface area contributed by atoms with Crippen molar-refractivity contribution in [3.05, 3.63) is 35.9 Å². The fourth-order valence-electron chi connectivity index (χ4n) is 1.75. The average Bonchev–Trinajstić information content (AvgIpc) is 2.49. The second-order valence-electron chi connectivity index (χ2n) is 4.35. The van der Waals surface area contributed by atoms with Crippen LogP contribution in [0.4, 0.5) is 4.79 Å². The first-order chi connectivity index (χ1) is 9.94. The number of ether oxygens (including phenoxy) is 1. The number of hydrogen-bond donors (Lipinski definition) is 2. The summed E-state index contributed by atoms with van der Waals surface area (Å²) in [5.41, 5.74) is 0.813. The molecule has 2 unspecified atom stereocenters. The lowest BCUT2D eigenvalue weighted by molar-refractivity contribution is -0.138. The van der Waals surface area contributed by atoms with Gasteiger partial charge in [0.2, 0.25) is 0 Å². The molecule has 2 N–H and O–H groups in total. The van der Waals surface area contributed by atoms with Gasteiger partial charge in [-0.3, -0.25) is 9.32 Å². The second kappa shape index (κ2) is 6.26. The molecule has 114 valence electrons. The molecule has 2 amide bonds. The zero-order valence-corrected chi connectivity index (χ0v) is 12.2. The third-order valence-corrected chi connectivity index (χ3v) is 4.40. The molecule has 1 saturated heterocycles. The molecule has 0 aliphatic carbocycles. The molecule has 0 radical (unpaired) electrons. The number of rotatable bonds is 5. The summed E-state index contributed by atoms with van der Waals surface area (Å²) in [5.74, 6) is -0.681. The van der Waals surface area contributed by atoms with Gasteiger partial charge in [-0.25, -0.2) is 14.0 Å². The predicted molar refractivity (Wildman–Crippen MR) is 72.1 cm³/mol. The van der Waals surface area contributed by atoms with Gasteiger partial charge in [0.05, 0.1) is 6.54 Å². The first-order valence-corrected chi connectivity index (χ1v) is 7.64. The van der Waals surface area contributed by atoms with Gasteiger partial charge in [-0.1, -0.05) is 30.3 Å². The largest absolute Gasteiger partial charge is 0.445 e. The number of amides is 2. The minimum atomic E-state index is -4.09. The molecule has 2 atom stereocenters. The molecule has 2 rings (SSSR count). The number of nitrogens with one attached hydrogen (secondary N) is 1. The molecule has 21 heavy (non-hydrogen) atoms. The Labute approximate surface area is 121 Å². The lowest BCUT2D eigenvalue weighted by Crippen LogP contribution is -2.62. The SMILES string of the molecule is COP(=O)(O)N1CC(NC(=O)OCc2ccccc2)C1=O. The number of alkyl carbamates (subject to hydrolysis) is 1. The second-order valence-corrected chi connectivity index (χ2v) is 6.18. The molecule has 1 fully saturated rings. The van der Waals surface area contributed by atoms with E-state index in [1.54, 1.807) is 12.1 Å². The van der Waals surface area contributed by atoms with Gasteiger partial charge in [-0.15, -0.1) is 0 Å². The Morgan fingerprint density at radius 2 is 2.14 bits per heavy atom. The molecule has 1 aliphatic heterocycles. The summed E-state index contributed by atoms with van der Waals surface area (Å²) in [6.07, 6.45) is -0.762. The third kappa shape index (κ3) is 3.60. The number of hydrogen-bond acceptors (Lipinski definition) is 5. The van der Waals surface area contributed by atoms with Gasteiger partial charge in [-0.05, 0) is 5.56 Å². The van der Waals surface area contributed by atoms with Crippen LogP contribution < -0.4 is 5.32 Å². The zero-order valence-electron chi connectivity index (χ0n) is 11.3. The Kier molecular flexibility index (Phi) is 4.62. The molecular formula is C12H15N2O6P. The summed E-state index contributed by atoms with van der Waals surface area (Å²) >= 11 is 0. The van der Waals surface area contributed by atoms with E-state index in [1.165, 1.54) is 0 Å². The van der Waals surface area contributed by atoms with Gasteiger partial charge >= 0.3 is 13.8 Å². The lowest BCUT2D eigenvalue weighted by atomic mass is 10.2. The maximum atomic E-state index is 11.6. The van der Waals surface area contributed by atoms with Crippen LogP contribution in [-0.2, 0) is 25.2 Å². The molecule has 0 bridgehead atoms. The standard InChI is InChI=1S/C12H15N2O6P/c1-19-21(17,18)14-7-10(11(14)15)13-12(16)20-8-9-5-3-2-4-6-9/h2-6,10H,7-8H2,1H3,(H,13,16)(H,17,18). The first kappa shape index (κ1) is 15.5. The van der Waals surface area contributed by atoms with E-state index in [4.69, 9.17) is 4.74 Å². The third-order valence-electron chi connectivity index (χ3n) is 2.96. The van der Waals surface area contributed by atoms with Gasteiger partial charge in [0, 0.05) is 7.11 Å². The molecular weight excluding hydrogens is 299 g/mol. The van der Waals surface area contributed by atoms with E-state index in [9.17, 15) is 19.0 Å². The van der Waals surface area contributed by atoms with Crippen LogP contribution in [-0.4, -0.2) is 41.3 Å². The summed E-state index contributed by atoms with van der Waals surface area (Å²) in [6, 6.07) is 8.19. The van der Waals surface area contributed by atoms with Crippen LogP contribution in [0.25, 0.3) is 0 Å². The van der Waals surface area contributed by atoms with Crippen molar-refractivity contribution in [2.75, 3.05) is 13.7 Å². The summed E-state index contributed by atoms with van der Waals surface area (Å²) in [5, 5.41) is 2.32. The molecule has 9 heteroatoms. The highest BCUT2D eigenvalue weighted by Crippen LogP contribution is 2.48. The minimum Gasteiger partial charge on any atom is -0.445 e. The van der Waals surface area contributed by atoms with Crippen LogP contribution in [0.3, 0.4) is 0 Å². The van der Waals surface area contributed by atoms with E-state index in [1.807, 2.05) is 18.2 Å². The summed E-state index contributed by atoms with van der Waals surface area (Å²) < 4.78 is 21.4. The van der Waals surface area contributed by atoms with Crippen molar-refractivity contribution < 1.29 is 28.3 Å². The van der Waals surface area contributed by atoms with Crippen molar-refractivity contribution >= 4 is 19.7 Å². The number of benzene rings is 1. The van der Waals surface area contributed by atoms with Crippen molar-refractivity contribution in [3.8, 4) is 0 Å². The summed E-state index contributed by atoms with van der Waals surface area (Å²) in [4.78, 5) is 32.5. The van der Waals surface area contributed by atoms with E-state index in [-0.39, 0.29) is 13.2 Å². The quantitative estimate of drug-likeness (QED) is 0.617. The molecule has 1 aromatic rings. The van der Waals surface area contributed by atoms with Crippen LogP contribution >= 0.6 is 7.75 Å². The van der Waals surface area contributed by atoms with E-state index in [0.29, 0.717) is 4.67 Å². The van der Waals surface area contributed by atoms with Gasteiger partial charge in [0.15, 0.2) is 0 Å². The Morgan fingerprint density at radius 1 is 1.48 bits per heavy atom. The number of nitrogens with zero attached hydrogens (tertiary/aromatic N) is 1. The fraction of sp³-hybridized carbons (Fsp3) is 0.333. The van der Waals surface area contributed by atoms with Crippen LogP contribution in [0.15, 0.2) is 30.3 Å². The van der Waals surface area contributed by atoms with Gasteiger partial charge < -0.3 is 14.9 Å². The highest BCUT2D eigenvalue weighted by molar-refractivity contribution is 7.51. The normalized spacial score (nSPS) is 20.4. The molecule has 1 aliphatic rings. The Balaban J connectivity index is 1.78. The van der Waals surface area contributed by atoms with Gasteiger partial charge in [0.1, 0.15) is 12.6 Å². The maximum absolute atomic E-state index is 11.6. The molecule has 8 nitrogen and oxygen atoms in total. The van der Waals surface area contributed by atoms with E-state index in [0.717, 1.165) is 12.7 Å². The Morgan fingerprint density at radius 3 is 2.71 bits per heavy atom. The van der Waals surface area contributed by atoms with E-state index >= 15 is 0 Å². The van der Waals surface area contributed by atoms with E-state index < -0.39 is 25.8 Å². The van der Waals surface area contributed by atoms with Crippen molar-refractivity contribution in [1.29, 1.82) is 0 Å². The average molecular weight is 314 g/mol. The highest BCUT2D eigenvalue weighted by Gasteiger charge is 2.48. The van der Waals surface area contributed by atoms with Crippen LogP contribution in [0.2, 0.25) is 0 Å². The highest BCUT2D eigenvalue weighted by atomic mass is 31.2. The van der Waals surface area contributed by atoms with E-state index in [2.05, 4.69) is 9.84 Å². The molecule has 1 aromatic carbocycles. The molecule has 0 spiro atoms. The summed E-state index contributed by atoms with van der Waals surface area (Å²) in [7, 11) is -3.06. The fourth-order valence-corrected chi connectivity index (χ4v) is 2.70. The number of β-lactam (4-membered cyclic amide) rings is 1. The predicted octanol–water partition coefficient (Wildman–Crippen LogP) is 0.870. The topological polar surface area (TPSA) is 105 Å². The van der Waals surface area contributed by atoms with Crippen molar-refractivity contribution in [3.63, 3.8) is 0 Å². The van der Waals surface area contributed by atoms with Gasteiger partial charge in [0.25, 0.3) is 5.91 Å². The Bertz CT molecular complexity index is 578. The monoisotopic (exact) mass is 314 g/mol. The van der Waals surface area contributed by atoms with Crippen molar-refractivity contribution in [1.82, 2.24) is 9.99 Å². The first-order valence-electron chi connectivity index (χ1n) is 6.11. The van der Waals surface area contributed by atoms with Crippen molar-refractivity contribution in [2.24, 2.45) is 0 Å². The number of carbonyl (C=O) groups is 2. The maximum Gasteiger partial charge on any atom is 0.434 e. The van der Waals surface area contributed by atoms with Gasteiger partial charge in [-0.2, -0.15) is 0 Å².